The van der Waals surface area contributed by atoms with Gasteiger partial charge in [0.15, 0.2) is 0 Å². The maximum absolute atomic E-state index is 13.5. The van der Waals surface area contributed by atoms with Gasteiger partial charge in [-0.2, -0.15) is 0 Å². The Hall–Kier alpha value is -3.41. The third-order valence-electron chi connectivity index (χ3n) is 7.73. The van der Waals surface area contributed by atoms with Gasteiger partial charge in [-0.1, -0.05) is 50.3 Å². The highest BCUT2D eigenvalue weighted by molar-refractivity contribution is 5.83. The number of amides is 1. The molecule has 156 valence electrons. The van der Waals surface area contributed by atoms with Gasteiger partial charge in [-0.3, -0.25) is 14.2 Å². The summed E-state index contributed by atoms with van der Waals surface area (Å²) in [6, 6.07) is 15.4. The Balaban J connectivity index is 1.62. The summed E-state index contributed by atoms with van der Waals surface area (Å²) in [5.74, 6) is 0.625. The van der Waals surface area contributed by atoms with E-state index >= 15 is 0 Å². The molecule has 1 amide bonds. The molecule has 6 nitrogen and oxygen atoms in total. The summed E-state index contributed by atoms with van der Waals surface area (Å²) in [6.45, 7) is 8.52. The molecular formula is C25H24N4O2. The molecule has 0 aliphatic carbocycles. The van der Waals surface area contributed by atoms with Gasteiger partial charge in [-0.15, -0.1) is 6.58 Å². The highest BCUT2D eigenvalue weighted by Gasteiger charge is 2.65. The second-order valence-electron chi connectivity index (χ2n) is 9.39. The van der Waals surface area contributed by atoms with Crippen LogP contribution < -0.4 is 10.9 Å². The normalized spacial score (nSPS) is 26.1. The molecule has 1 fully saturated rings. The summed E-state index contributed by atoms with van der Waals surface area (Å²) in [5, 5.41) is 4.18. The number of nitrogens with zero attached hydrogens (tertiary/aromatic N) is 3. The van der Waals surface area contributed by atoms with Gasteiger partial charge in [0, 0.05) is 11.1 Å². The summed E-state index contributed by atoms with van der Waals surface area (Å²) < 4.78 is 1.58. The van der Waals surface area contributed by atoms with E-state index in [0.717, 1.165) is 5.69 Å². The van der Waals surface area contributed by atoms with Gasteiger partial charge in [0.25, 0.3) is 5.56 Å². The third-order valence-corrected chi connectivity index (χ3v) is 7.73. The molecule has 3 aromatic rings. The number of para-hydroxylation sites is 2. The van der Waals surface area contributed by atoms with E-state index in [1.54, 1.807) is 10.6 Å². The number of nitrogens with one attached hydrogen (secondary N) is 1. The summed E-state index contributed by atoms with van der Waals surface area (Å²) in [7, 11) is 0. The molecule has 0 radical (unpaired) electrons. The molecule has 6 rings (SSSR count). The van der Waals surface area contributed by atoms with E-state index in [4.69, 9.17) is 4.98 Å². The van der Waals surface area contributed by atoms with Crippen molar-refractivity contribution >= 4 is 22.5 Å². The summed E-state index contributed by atoms with van der Waals surface area (Å²) in [4.78, 5) is 33.5. The van der Waals surface area contributed by atoms with Crippen LogP contribution in [0.1, 0.15) is 37.7 Å². The van der Waals surface area contributed by atoms with E-state index in [0.29, 0.717) is 23.1 Å². The van der Waals surface area contributed by atoms with Crippen molar-refractivity contribution in [1.29, 1.82) is 0 Å². The van der Waals surface area contributed by atoms with Gasteiger partial charge in [0.05, 0.1) is 16.9 Å². The fourth-order valence-corrected chi connectivity index (χ4v) is 6.02. The van der Waals surface area contributed by atoms with Crippen LogP contribution in [0.2, 0.25) is 0 Å². The molecule has 2 unspecified atom stereocenters. The van der Waals surface area contributed by atoms with Gasteiger partial charge in [0.2, 0.25) is 5.91 Å². The van der Waals surface area contributed by atoms with Crippen molar-refractivity contribution in [3.05, 3.63) is 82.9 Å². The lowest BCUT2D eigenvalue weighted by Gasteiger charge is -2.43. The molecule has 31 heavy (non-hydrogen) atoms. The van der Waals surface area contributed by atoms with E-state index in [9.17, 15) is 9.59 Å². The van der Waals surface area contributed by atoms with Gasteiger partial charge in [-0.25, -0.2) is 4.98 Å². The first-order valence-corrected chi connectivity index (χ1v) is 10.7. The number of anilines is 1. The topological polar surface area (TPSA) is 67.2 Å². The standard InChI is InChI=1S/C25H24N4O2/c1-4-24(2,3)25-13-19-21-26-17-11-7-5-9-15(17)22(31)28(21)14-20(30)29(19)23(25)27-18-12-8-6-10-16(18)25/h4-12,19,23,27H,1,13-14H2,2-3H3/t19-,23?,25?/m0/s1. The number of hydrogen-bond donors (Lipinski definition) is 1. The van der Waals surface area contributed by atoms with E-state index in [1.807, 2.05) is 41.3 Å². The Bertz CT molecular complexity index is 1340. The van der Waals surface area contributed by atoms with Crippen LogP contribution in [0, 0.1) is 5.41 Å². The lowest BCUT2D eigenvalue weighted by molar-refractivity contribution is -0.137. The second kappa shape index (κ2) is 5.84. The lowest BCUT2D eigenvalue weighted by atomic mass is 9.60. The van der Waals surface area contributed by atoms with Gasteiger partial charge in [-0.05, 0) is 35.6 Å². The molecule has 3 aliphatic heterocycles. The van der Waals surface area contributed by atoms with E-state index < -0.39 is 0 Å². The molecule has 0 saturated carbocycles. The Morgan fingerprint density at radius 1 is 1.16 bits per heavy atom. The smallest absolute Gasteiger partial charge is 0.261 e. The molecule has 3 aliphatic rings. The van der Waals surface area contributed by atoms with Crippen LogP contribution in [-0.2, 0) is 16.8 Å². The van der Waals surface area contributed by atoms with E-state index in [1.165, 1.54) is 5.56 Å². The fourth-order valence-electron chi connectivity index (χ4n) is 6.02. The maximum atomic E-state index is 13.5. The number of carbonyl (C=O) groups is 1. The van der Waals surface area contributed by atoms with Crippen molar-refractivity contribution in [3.63, 3.8) is 0 Å². The Kier molecular flexibility index (Phi) is 3.46. The molecule has 3 atom stereocenters. The minimum Gasteiger partial charge on any atom is -0.364 e. The molecule has 6 heteroatoms. The molecule has 0 bridgehead atoms. The van der Waals surface area contributed by atoms with E-state index in [-0.39, 0.29) is 41.0 Å². The highest BCUT2D eigenvalue weighted by Crippen LogP contribution is 2.63. The maximum Gasteiger partial charge on any atom is 0.261 e. The zero-order valence-corrected chi connectivity index (χ0v) is 17.6. The average molecular weight is 412 g/mol. The largest absolute Gasteiger partial charge is 0.364 e. The summed E-state index contributed by atoms with van der Waals surface area (Å²) in [5.41, 5.74) is 2.12. The van der Waals surface area contributed by atoms with Crippen molar-refractivity contribution in [2.45, 2.75) is 44.4 Å². The predicted molar refractivity (Wildman–Crippen MR) is 120 cm³/mol. The van der Waals surface area contributed by atoms with Gasteiger partial charge >= 0.3 is 0 Å². The minimum absolute atomic E-state index is 0.0155. The number of aromatic nitrogens is 2. The molecule has 1 saturated heterocycles. The van der Waals surface area contributed by atoms with Crippen molar-refractivity contribution in [1.82, 2.24) is 14.5 Å². The quantitative estimate of drug-likeness (QED) is 0.654. The van der Waals surface area contributed by atoms with Crippen LogP contribution in [0.4, 0.5) is 5.69 Å². The number of hydrogen-bond acceptors (Lipinski definition) is 4. The molecule has 0 spiro atoms. The molecule has 1 N–H and O–H groups in total. The van der Waals surface area contributed by atoms with Crippen LogP contribution in [0.3, 0.4) is 0 Å². The Morgan fingerprint density at radius 3 is 2.71 bits per heavy atom. The molecular weight excluding hydrogens is 388 g/mol. The lowest BCUT2D eigenvalue weighted by Crippen LogP contribution is -2.54. The van der Waals surface area contributed by atoms with Crippen LogP contribution in [-0.4, -0.2) is 26.5 Å². The molecule has 2 aromatic carbocycles. The van der Waals surface area contributed by atoms with Crippen LogP contribution in [0.5, 0.6) is 0 Å². The summed E-state index contributed by atoms with van der Waals surface area (Å²) >= 11 is 0. The van der Waals surface area contributed by atoms with Crippen LogP contribution >= 0.6 is 0 Å². The van der Waals surface area contributed by atoms with Crippen LogP contribution in [0.15, 0.2) is 66.0 Å². The van der Waals surface area contributed by atoms with Crippen molar-refractivity contribution < 1.29 is 4.79 Å². The highest BCUT2D eigenvalue weighted by atomic mass is 16.2. The minimum atomic E-state index is -0.371. The van der Waals surface area contributed by atoms with Crippen molar-refractivity contribution in [2.75, 3.05) is 5.32 Å². The first-order chi connectivity index (χ1) is 14.9. The predicted octanol–water partition coefficient (Wildman–Crippen LogP) is 3.59. The van der Waals surface area contributed by atoms with E-state index in [2.05, 4.69) is 37.9 Å². The zero-order valence-electron chi connectivity index (χ0n) is 17.6. The number of carbonyl (C=O) groups excluding carboxylic acids is 1. The van der Waals surface area contributed by atoms with Gasteiger partial charge in [0.1, 0.15) is 18.5 Å². The third kappa shape index (κ3) is 2.10. The second-order valence-corrected chi connectivity index (χ2v) is 9.39. The number of benzene rings is 2. The number of rotatable bonds is 2. The first kappa shape index (κ1) is 18.4. The number of allylic oxidation sites excluding steroid dienone is 1. The Labute approximate surface area is 180 Å². The number of fused-ring (bicyclic) bond motifs is 8. The molecule has 4 heterocycles. The van der Waals surface area contributed by atoms with Crippen LogP contribution in [0.25, 0.3) is 10.9 Å². The van der Waals surface area contributed by atoms with Crippen molar-refractivity contribution in [2.24, 2.45) is 5.41 Å². The zero-order chi connectivity index (χ0) is 21.5. The summed E-state index contributed by atoms with van der Waals surface area (Å²) in [6.07, 6.45) is 2.46. The fraction of sp³-hybridized carbons (Fsp3) is 0.320. The Morgan fingerprint density at radius 2 is 1.90 bits per heavy atom. The van der Waals surface area contributed by atoms with Gasteiger partial charge < -0.3 is 10.2 Å². The van der Waals surface area contributed by atoms with Crippen molar-refractivity contribution in [3.8, 4) is 0 Å². The molecule has 1 aromatic heterocycles. The average Bonchev–Trinajstić information content (AvgIpc) is 3.28. The monoisotopic (exact) mass is 412 g/mol. The SMILES string of the molecule is C=CC(C)(C)C12C[C@H]3c4nc5ccccc5c(=O)n4CC(=O)N3C1Nc1ccccc12. The first-order valence-electron chi connectivity index (χ1n) is 10.7.